The first-order valence-corrected chi connectivity index (χ1v) is 8.38. The summed E-state index contributed by atoms with van der Waals surface area (Å²) in [7, 11) is 3.41. The molecule has 128 valence electrons. The Kier molecular flexibility index (Phi) is 5.20. The van der Waals surface area contributed by atoms with E-state index >= 15 is 0 Å². The lowest BCUT2D eigenvalue weighted by molar-refractivity contribution is -0.121. The first kappa shape index (κ1) is 16.6. The summed E-state index contributed by atoms with van der Waals surface area (Å²) in [5.74, 6) is 1.32. The van der Waals surface area contributed by atoms with Crippen molar-refractivity contribution < 1.29 is 9.53 Å². The van der Waals surface area contributed by atoms with Crippen LogP contribution in [-0.4, -0.2) is 36.1 Å². The number of para-hydroxylation sites is 1. The van der Waals surface area contributed by atoms with Gasteiger partial charge in [-0.05, 0) is 24.1 Å². The van der Waals surface area contributed by atoms with Gasteiger partial charge in [-0.1, -0.05) is 18.2 Å². The largest absolute Gasteiger partial charge is 0.496 e. The van der Waals surface area contributed by atoms with Crippen LogP contribution in [0.25, 0.3) is 0 Å². The molecule has 1 atom stereocenters. The van der Waals surface area contributed by atoms with E-state index < -0.39 is 0 Å². The molecule has 1 unspecified atom stereocenters. The van der Waals surface area contributed by atoms with Crippen molar-refractivity contribution in [2.45, 2.75) is 26.1 Å². The number of benzene rings is 1. The molecule has 1 aromatic carbocycles. The van der Waals surface area contributed by atoms with Crippen LogP contribution >= 0.6 is 0 Å². The number of methoxy groups -OCH3 is 1. The molecule has 0 aliphatic carbocycles. The summed E-state index contributed by atoms with van der Waals surface area (Å²) in [4.78, 5) is 14.3. The Hall–Kier alpha value is -2.27. The molecule has 0 spiro atoms. The molecule has 5 heteroatoms. The normalized spacial score (nSPS) is 17.8. The average Bonchev–Trinajstić information content (AvgIpc) is 2.95. The van der Waals surface area contributed by atoms with Gasteiger partial charge < -0.3 is 14.6 Å². The molecule has 1 aromatic heterocycles. The minimum atomic E-state index is 0.104. The monoisotopic (exact) mass is 327 g/mol. The Balaban J connectivity index is 1.80. The number of carbonyl (C=O) groups is 1. The van der Waals surface area contributed by atoms with E-state index in [0.717, 1.165) is 31.9 Å². The summed E-state index contributed by atoms with van der Waals surface area (Å²) in [6.45, 7) is 3.49. The highest BCUT2D eigenvalue weighted by atomic mass is 16.5. The lowest BCUT2D eigenvalue weighted by Gasteiger charge is -2.24. The van der Waals surface area contributed by atoms with Crippen LogP contribution < -0.4 is 10.1 Å². The molecular weight excluding hydrogens is 302 g/mol. The van der Waals surface area contributed by atoms with Crippen molar-refractivity contribution in [1.82, 2.24) is 14.8 Å². The van der Waals surface area contributed by atoms with Crippen molar-refractivity contribution in [2.24, 2.45) is 5.92 Å². The number of nitrogens with one attached hydrogen (secondary N) is 1. The Morgan fingerprint density at radius 2 is 2.08 bits per heavy atom. The molecule has 3 rings (SSSR count). The molecule has 0 fully saturated rings. The third-order valence-corrected chi connectivity index (χ3v) is 4.62. The van der Waals surface area contributed by atoms with Gasteiger partial charge in [0.05, 0.1) is 7.11 Å². The highest BCUT2D eigenvalue weighted by molar-refractivity contribution is 5.75. The second-order valence-corrected chi connectivity index (χ2v) is 6.38. The summed E-state index contributed by atoms with van der Waals surface area (Å²) >= 11 is 0. The van der Waals surface area contributed by atoms with Gasteiger partial charge >= 0.3 is 0 Å². The fraction of sp³-hybridized carbons (Fsp3) is 0.421. The van der Waals surface area contributed by atoms with E-state index in [1.54, 1.807) is 14.2 Å². The van der Waals surface area contributed by atoms with Gasteiger partial charge in [-0.15, -0.1) is 0 Å². The van der Waals surface area contributed by atoms with E-state index in [4.69, 9.17) is 4.74 Å². The zero-order chi connectivity index (χ0) is 16.9. The van der Waals surface area contributed by atoms with Crippen LogP contribution in [0, 0.1) is 5.92 Å². The molecule has 5 nitrogen and oxygen atoms in total. The number of amides is 1. The van der Waals surface area contributed by atoms with Crippen LogP contribution in [0.1, 0.15) is 17.7 Å². The fourth-order valence-corrected chi connectivity index (χ4v) is 3.45. The molecule has 0 saturated carbocycles. The first-order chi connectivity index (χ1) is 11.7. The van der Waals surface area contributed by atoms with Crippen molar-refractivity contribution in [3.05, 3.63) is 53.9 Å². The van der Waals surface area contributed by atoms with Gasteiger partial charge in [-0.25, -0.2) is 0 Å². The van der Waals surface area contributed by atoms with Gasteiger partial charge in [0.25, 0.3) is 0 Å². The highest BCUT2D eigenvalue weighted by Crippen LogP contribution is 2.24. The Morgan fingerprint density at radius 3 is 2.88 bits per heavy atom. The van der Waals surface area contributed by atoms with Crippen LogP contribution in [0.15, 0.2) is 42.6 Å². The number of aromatic nitrogens is 1. The highest BCUT2D eigenvalue weighted by Gasteiger charge is 2.23. The second-order valence-electron chi connectivity index (χ2n) is 6.38. The number of carbonyl (C=O) groups excluding carboxylic acids is 1. The lowest BCUT2D eigenvalue weighted by atomic mass is 10.0. The third kappa shape index (κ3) is 3.79. The summed E-state index contributed by atoms with van der Waals surface area (Å²) in [6, 6.07) is 12.4. The number of ether oxygens (including phenoxy) is 1. The van der Waals surface area contributed by atoms with Crippen molar-refractivity contribution in [3.63, 3.8) is 0 Å². The van der Waals surface area contributed by atoms with Crippen LogP contribution in [0.3, 0.4) is 0 Å². The van der Waals surface area contributed by atoms with E-state index in [9.17, 15) is 4.79 Å². The minimum absolute atomic E-state index is 0.104. The molecule has 1 aliphatic rings. The maximum Gasteiger partial charge on any atom is 0.220 e. The van der Waals surface area contributed by atoms with Crippen LogP contribution in [0.5, 0.6) is 5.75 Å². The molecule has 1 amide bonds. The van der Waals surface area contributed by atoms with E-state index in [2.05, 4.69) is 39.2 Å². The number of rotatable bonds is 5. The molecule has 2 heterocycles. The van der Waals surface area contributed by atoms with Crippen LogP contribution in [-0.2, 0) is 24.4 Å². The van der Waals surface area contributed by atoms with Crippen molar-refractivity contribution in [3.8, 4) is 5.75 Å². The van der Waals surface area contributed by atoms with Gasteiger partial charge in [0.2, 0.25) is 5.91 Å². The van der Waals surface area contributed by atoms with Gasteiger partial charge in [-0.2, -0.15) is 0 Å². The Morgan fingerprint density at radius 1 is 1.25 bits per heavy atom. The summed E-state index contributed by atoms with van der Waals surface area (Å²) in [5.41, 5.74) is 2.48. The summed E-state index contributed by atoms with van der Waals surface area (Å²) in [5, 5.41) is 2.75. The molecule has 1 N–H and O–H groups in total. The number of hydrogen-bond acceptors (Lipinski definition) is 3. The molecule has 0 radical (unpaired) electrons. The Labute approximate surface area is 143 Å². The topological polar surface area (TPSA) is 46.5 Å². The van der Waals surface area contributed by atoms with Crippen LogP contribution in [0.4, 0.5) is 0 Å². The maximum absolute atomic E-state index is 11.8. The van der Waals surface area contributed by atoms with E-state index in [1.807, 2.05) is 18.2 Å². The molecule has 0 bridgehead atoms. The third-order valence-electron chi connectivity index (χ3n) is 4.62. The number of hydrogen-bond donors (Lipinski definition) is 1. The Bertz CT molecular complexity index is 695. The van der Waals surface area contributed by atoms with Crippen molar-refractivity contribution >= 4 is 5.91 Å². The standard InChI is InChI=1S/C19H25N3O2/c1-20-19(23)10-15-11-21(14-17-7-5-9-22(17)12-15)13-16-6-3-4-8-18(16)24-2/h3-9,15H,10-14H2,1-2H3,(H,20,23). The first-order valence-electron chi connectivity index (χ1n) is 8.38. The predicted molar refractivity (Wildman–Crippen MR) is 93.7 cm³/mol. The smallest absolute Gasteiger partial charge is 0.220 e. The average molecular weight is 327 g/mol. The summed E-state index contributed by atoms with van der Waals surface area (Å²) < 4.78 is 7.76. The SMILES string of the molecule is CNC(=O)CC1CN(Cc2ccccc2OC)Cc2cccn2C1. The van der Waals surface area contributed by atoms with Gasteiger partial charge in [0.1, 0.15) is 5.75 Å². The minimum Gasteiger partial charge on any atom is -0.496 e. The molecular formula is C19H25N3O2. The fourth-order valence-electron chi connectivity index (χ4n) is 3.45. The van der Waals surface area contributed by atoms with Crippen molar-refractivity contribution in [2.75, 3.05) is 20.7 Å². The lowest BCUT2D eigenvalue weighted by Crippen LogP contribution is -2.31. The number of nitrogens with zero attached hydrogens (tertiary/aromatic N) is 2. The zero-order valence-electron chi connectivity index (χ0n) is 14.4. The van der Waals surface area contributed by atoms with Gasteiger partial charge in [0.15, 0.2) is 0 Å². The zero-order valence-corrected chi connectivity index (χ0v) is 14.4. The second kappa shape index (κ2) is 7.53. The molecule has 0 saturated heterocycles. The van der Waals surface area contributed by atoms with E-state index in [0.29, 0.717) is 12.3 Å². The molecule has 2 aromatic rings. The predicted octanol–water partition coefficient (Wildman–Crippen LogP) is 2.26. The maximum atomic E-state index is 11.8. The van der Waals surface area contributed by atoms with Crippen molar-refractivity contribution in [1.29, 1.82) is 0 Å². The molecule has 1 aliphatic heterocycles. The van der Waals surface area contributed by atoms with E-state index in [-0.39, 0.29) is 5.91 Å². The van der Waals surface area contributed by atoms with Gasteiger partial charge in [-0.3, -0.25) is 9.69 Å². The number of fused-ring (bicyclic) bond motifs is 1. The summed E-state index contributed by atoms with van der Waals surface area (Å²) in [6.07, 6.45) is 2.66. The quantitative estimate of drug-likeness (QED) is 0.916. The van der Waals surface area contributed by atoms with E-state index in [1.165, 1.54) is 11.3 Å². The van der Waals surface area contributed by atoms with Gasteiger partial charge in [0, 0.05) is 57.1 Å². The molecule has 24 heavy (non-hydrogen) atoms. The van der Waals surface area contributed by atoms with Crippen LogP contribution in [0.2, 0.25) is 0 Å².